The van der Waals surface area contributed by atoms with Gasteiger partial charge >= 0.3 is 39.5 Å². The molecule has 99 heavy (non-hydrogen) atoms. The predicted molar refractivity (Wildman–Crippen MR) is 405 cm³/mol. The Morgan fingerprint density at radius 2 is 0.515 bits per heavy atom. The van der Waals surface area contributed by atoms with E-state index >= 15 is 0 Å². The maximum Gasteiger partial charge on any atom is 0.472 e. The zero-order valence-corrected chi connectivity index (χ0v) is 66.6. The first-order valence-electron chi connectivity index (χ1n) is 41.5. The number of carbonyl (C=O) groups is 4. The number of aliphatic hydroxyl groups is 1. The van der Waals surface area contributed by atoms with Gasteiger partial charge in [0.15, 0.2) is 12.2 Å². The van der Waals surface area contributed by atoms with Crippen LogP contribution in [0.25, 0.3) is 0 Å². The highest BCUT2D eigenvalue weighted by Crippen LogP contribution is 2.45. The van der Waals surface area contributed by atoms with Crippen molar-refractivity contribution in [1.29, 1.82) is 0 Å². The SMILES string of the molecule is CCCCCCCCCCCCCCCCCC(=O)OC[C@H](COP(=O)(O)OC[C@@H](O)COP(=O)(O)OC[C@@H](COC(=O)CCCCCCCCCCCC)OC(=O)CCCCCCCCCCCC(C)C)OC(=O)CCCCCCCCCCCCCCCCCCCCC(C)CC. The summed E-state index contributed by atoms with van der Waals surface area (Å²) < 4.78 is 68.6. The Kier molecular flexibility index (Phi) is 70.3. The Morgan fingerprint density at radius 1 is 0.293 bits per heavy atom. The van der Waals surface area contributed by atoms with E-state index in [2.05, 4.69) is 41.5 Å². The van der Waals surface area contributed by atoms with Gasteiger partial charge < -0.3 is 33.8 Å². The monoisotopic (exact) mass is 1450 g/mol. The molecule has 0 rings (SSSR count). The molecule has 19 heteroatoms. The zero-order chi connectivity index (χ0) is 72.8. The third-order valence-electron chi connectivity index (χ3n) is 19.1. The highest BCUT2D eigenvalue weighted by molar-refractivity contribution is 7.47. The summed E-state index contributed by atoms with van der Waals surface area (Å²) in [4.78, 5) is 72.9. The Balaban J connectivity index is 5.20. The molecule has 0 aromatic carbocycles. The summed E-state index contributed by atoms with van der Waals surface area (Å²) in [5, 5.41) is 10.6. The van der Waals surface area contributed by atoms with E-state index in [0.29, 0.717) is 25.7 Å². The van der Waals surface area contributed by atoms with Gasteiger partial charge in [0.2, 0.25) is 0 Å². The van der Waals surface area contributed by atoms with Gasteiger partial charge in [0.25, 0.3) is 0 Å². The van der Waals surface area contributed by atoms with E-state index in [4.69, 9.17) is 37.0 Å². The first-order chi connectivity index (χ1) is 47.9. The molecule has 0 aliphatic rings. The van der Waals surface area contributed by atoms with E-state index in [1.165, 1.54) is 238 Å². The minimum Gasteiger partial charge on any atom is -0.462 e. The molecule has 3 unspecified atom stereocenters. The minimum absolute atomic E-state index is 0.106. The van der Waals surface area contributed by atoms with Crippen LogP contribution in [-0.2, 0) is 65.4 Å². The van der Waals surface area contributed by atoms with Crippen molar-refractivity contribution in [2.45, 2.75) is 439 Å². The average molecular weight is 1450 g/mol. The molecular formula is C80H156O17P2. The molecule has 0 aliphatic heterocycles. The highest BCUT2D eigenvalue weighted by Gasteiger charge is 2.30. The molecular weight excluding hydrogens is 1290 g/mol. The van der Waals surface area contributed by atoms with Gasteiger partial charge in [0.1, 0.15) is 19.3 Å². The van der Waals surface area contributed by atoms with E-state index in [1.54, 1.807) is 0 Å². The minimum atomic E-state index is -4.96. The second-order valence-corrected chi connectivity index (χ2v) is 32.4. The molecule has 6 atom stereocenters. The van der Waals surface area contributed by atoms with Crippen molar-refractivity contribution in [3.05, 3.63) is 0 Å². The summed E-state index contributed by atoms with van der Waals surface area (Å²) in [6.45, 7) is 9.66. The fourth-order valence-electron chi connectivity index (χ4n) is 12.3. The van der Waals surface area contributed by atoms with Crippen LogP contribution in [0.3, 0.4) is 0 Å². The Bertz CT molecular complexity index is 1910. The normalized spacial score (nSPS) is 14.2. The molecule has 0 amide bonds. The summed E-state index contributed by atoms with van der Waals surface area (Å²) in [7, 11) is -9.91. The van der Waals surface area contributed by atoms with Gasteiger partial charge in [-0.05, 0) is 37.5 Å². The molecule has 0 saturated heterocycles. The molecule has 0 aliphatic carbocycles. The lowest BCUT2D eigenvalue weighted by Crippen LogP contribution is -2.30. The van der Waals surface area contributed by atoms with E-state index < -0.39 is 97.5 Å². The first kappa shape index (κ1) is 97.1. The number of esters is 4. The molecule has 0 heterocycles. The van der Waals surface area contributed by atoms with Crippen molar-refractivity contribution in [2.24, 2.45) is 11.8 Å². The van der Waals surface area contributed by atoms with Crippen molar-refractivity contribution in [1.82, 2.24) is 0 Å². The number of phosphoric acid groups is 2. The Morgan fingerprint density at radius 3 is 0.768 bits per heavy atom. The molecule has 0 spiro atoms. The summed E-state index contributed by atoms with van der Waals surface area (Å²) in [5.74, 6) is -0.503. The molecule has 0 bridgehead atoms. The first-order valence-corrected chi connectivity index (χ1v) is 44.5. The second-order valence-electron chi connectivity index (χ2n) is 29.5. The molecule has 0 fully saturated rings. The van der Waals surface area contributed by atoms with Crippen molar-refractivity contribution >= 4 is 39.5 Å². The Hall–Kier alpha value is -1.94. The second kappa shape index (κ2) is 71.7. The van der Waals surface area contributed by atoms with Crippen LogP contribution in [0.5, 0.6) is 0 Å². The fraction of sp³-hybridized carbons (Fsp3) is 0.950. The van der Waals surface area contributed by atoms with Crippen molar-refractivity contribution in [3.8, 4) is 0 Å². The van der Waals surface area contributed by atoms with Gasteiger partial charge in [-0.15, -0.1) is 0 Å². The van der Waals surface area contributed by atoms with Crippen LogP contribution in [0.1, 0.15) is 420 Å². The van der Waals surface area contributed by atoms with Crippen molar-refractivity contribution in [2.75, 3.05) is 39.6 Å². The summed E-state index contributed by atoms with van der Waals surface area (Å²) >= 11 is 0. The lowest BCUT2D eigenvalue weighted by Gasteiger charge is -2.21. The molecule has 0 aromatic heterocycles. The van der Waals surface area contributed by atoms with E-state index in [1.807, 2.05) is 0 Å². The van der Waals surface area contributed by atoms with E-state index in [-0.39, 0.29) is 25.7 Å². The van der Waals surface area contributed by atoms with Crippen LogP contribution in [0.15, 0.2) is 0 Å². The van der Waals surface area contributed by atoms with Gasteiger partial charge in [-0.1, -0.05) is 369 Å². The third-order valence-corrected chi connectivity index (χ3v) is 21.0. The number of hydrogen-bond acceptors (Lipinski definition) is 15. The third kappa shape index (κ3) is 72.8. The molecule has 0 radical (unpaired) electrons. The van der Waals surface area contributed by atoms with Crippen LogP contribution in [0.2, 0.25) is 0 Å². The van der Waals surface area contributed by atoms with Crippen LogP contribution in [0, 0.1) is 11.8 Å². The number of ether oxygens (including phenoxy) is 4. The number of aliphatic hydroxyl groups excluding tert-OH is 1. The molecule has 588 valence electrons. The largest absolute Gasteiger partial charge is 0.472 e. The van der Waals surface area contributed by atoms with Crippen molar-refractivity contribution in [3.63, 3.8) is 0 Å². The van der Waals surface area contributed by atoms with Crippen LogP contribution in [0.4, 0.5) is 0 Å². The number of phosphoric ester groups is 2. The molecule has 17 nitrogen and oxygen atoms in total. The predicted octanol–water partition coefficient (Wildman–Crippen LogP) is 23.9. The van der Waals surface area contributed by atoms with E-state index in [0.717, 1.165) is 102 Å². The summed E-state index contributed by atoms with van der Waals surface area (Å²) in [5.41, 5.74) is 0. The molecule has 3 N–H and O–H groups in total. The number of rotatable bonds is 79. The lowest BCUT2D eigenvalue weighted by molar-refractivity contribution is -0.161. The topological polar surface area (TPSA) is 237 Å². The van der Waals surface area contributed by atoms with Gasteiger partial charge in [0.05, 0.1) is 26.4 Å². The van der Waals surface area contributed by atoms with E-state index in [9.17, 15) is 43.2 Å². The van der Waals surface area contributed by atoms with Gasteiger partial charge in [-0.25, -0.2) is 9.13 Å². The van der Waals surface area contributed by atoms with Gasteiger partial charge in [-0.3, -0.25) is 37.3 Å². The lowest BCUT2D eigenvalue weighted by atomic mass is 9.99. The van der Waals surface area contributed by atoms with Crippen LogP contribution < -0.4 is 0 Å². The maximum atomic E-state index is 13.1. The standard InChI is InChI=1S/C80H156O17P2/c1-7-10-12-14-16-18-20-21-26-30-33-39-45-51-57-63-78(83)91-69-75(96-79(84)64-58-52-46-40-34-31-28-25-23-22-24-27-29-32-37-43-49-55-61-73(6)9-3)70-94-98(86,87)92-66-74(81)67-93-99(88,89)95-71-76(68-90-77(82)62-56-50-44-38-19-17-15-13-11-8-2)97-80(85)65-59-53-47-41-35-36-42-48-54-60-72(4)5/h72-76,81H,7-71H2,1-6H3,(H,86,87)(H,88,89)/t73?,74-,75-,76-/m1/s1. The van der Waals surface area contributed by atoms with Crippen LogP contribution in [-0.4, -0.2) is 96.7 Å². The zero-order valence-electron chi connectivity index (χ0n) is 64.8. The number of carbonyl (C=O) groups excluding carboxylic acids is 4. The van der Waals surface area contributed by atoms with Gasteiger partial charge in [-0.2, -0.15) is 0 Å². The summed E-state index contributed by atoms with van der Waals surface area (Å²) in [6.07, 6.45) is 61.0. The quantitative estimate of drug-likeness (QED) is 0.0222. The molecule has 0 aromatic rings. The smallest absolute Gasteiger partial charge is 0.462 e. The molecule has 0 saturated carbocycles. The average Bonchev–Trinajstić information content (AvgIpc) is 1.07. The van der Waals surface area contributed by atoms with Gasteiger partial charge in [0, 0.05) is 25.7 Å². The highest BCUT2D eigenvalue weighted by atomic mass is 31.2. The number of hydrogen-bond donors (Lipinski definition) is 3. The number of unbranched alkanes of at least 4 members (excludes halogenated alkanes) is 48. The van der Waals surface area contributed by atoms with Crippen LogP contribution >= 0.6 is 15.6 Å². The maximum absolute atomic E-state index is 13.1. The Labute approximate surface area is 607 Å². The summed E-state index contributed by atoms with van der Waals surface area (Å²) in [6, 6.07) is 0. The fourth-order valence-corrected chi connectivity index (χ4v) is 13.9. The van der Waals surface area contributed by atoms with Crippen molar-refractivity contribution < 1.29 is 80.2 Å².